The van der Waals surface area contributed by atoms with E-state index in [2.05, 4.69) is 0 Å². The molecule has 2 N–H and O–H groups in total. The van der Waals surface area contributed by atoms with E-state index in [1.165, 1.54) is 12.2 Å². The van der Waals surface area contributed by atoms with E-state index in [9.17, 15) is 24.6 Å². The number of halogens is 1. The summed E-state index contributed by atoms with van der Waals surface area (Å²) in [7, 11) is 0. The van der Waals surface area contributed by atoms with Crippen LogP contribution in [0.1, 0.15) is 72.6 Å². The number of hydrogen-bond donors (Lipinski definition) is 2. The Morgan fingerprint density at radius 2 is 1.97 bits per heavy atom. The van der Waals surface area contributed by atoms with Crippen molar-refractivity contribution >= 4 is 17.5 Å². The zero-order valence-electron chi connectivity index (χ0n) is 20.6. The number of carbonyl (C=O) groups is 3. The van der Waals surface area contributed by atoms with Gasteiger partial charge in [0.2, 0.25) is 5.78 Å². The first-order valence-corrected chi connectivity index (χ1v) is 12.6. The second-order valence-corrected chi connectivity index (χ2v) is 11.3. The maximum absolute atomic E-state index is 17.3. The van der Waals surface area contributed by atoms with E-state index in [1.54, 1.807) is 13.0 Å². The zero-order valence-corrected chi connectivity index (χ0v) is 20.6. The number of aliphatic hydroxyl groups is 2. The summed E-state index contributed by atoms with van der Waals surface area (Å²) in [5.41, 5.74) is -5.11. The van der Waals surface area contributed by atoms with Gasteiger partial charge in [0.15, 0.2) is 17.1 Å². The molecular weight excluding hydrogens is 439 g/mol. The highest BCUT2D eigenvalue weighted by Crippen LogP contribution is 2.71. The highest BCUT2D eigenvalue weighted by atomic mass is 19.1. The van der Waals surface area contributed by atoms with Crippen LogP contribution in [0.3, 0.4) is 0 Å². The number of ketones is 2. The smallest absolute Gasteiger partial charge is 0.306 e. The van der Waals surface area contributed by atoms with E-state index in [0.717, 1.165) is 6.42 Å². The van der Waals surface area contributed by atoms with E-state index < -0.39 is 58.4 Å². The van der Waals surface area contributed by atoms with Crippen molar-refractivity contribution in [2.45, 2.75) is 90.0 Å². The van der Waals surface area contributed by atoms with E-state index in [4.69, 9.17) is 4.74 Å². The van der Waals surface area contributed by atoms with Crippen LogP contribution in [0.4, 0.5) is 4.39 Å². The molecule has 3 fully saturated rings. The SMILES string of the molecule is CCCCC(=O)OC1(C(=O)CO)[C@@H](C)CC2C3CCC4=CC(=O)C=CC4(C)C3(F)[C@@H](O)CC21C. The Hall–Kier alpha value is -1.86. The number of carbonyl (C=O) groups excluding carboxylic acids is 3. The van der Waals surface area contributed by atoms with Gasteiger partial charge in [-0.3, -0.25) is 14.4 Å². The average Bonchev–Trinajstić information content (AvgIpc) is 3.00. The van der Waals surface area contributed by atoms with Crippen molar-refractivity contribution in [3.05, 3.63) is 23.8 Å². The highest BCUT2D eigenvalue weighted by Gasteiger charge is 2.77. The van der Waals surface area contributed by atoms with Crippen molar-refractivity contribution in [1.82, 2.24) is 0 Å². The quantitative estimate of drug-likeness (QED) is 0.568. The molecule has 0 aromatic carbocycles. The number of rotatable bonds is 6. The maximum atomic E-state index is 17.3. The van der Waals surface area contributed by atoms with Gasteiger partial charge >= 0.3 is 5.97 Å². The van der Waals surface area contributed by atoms with Gasteiger partial charge in [-0.2, -0.15) is 0 Å². The monoisotopic (exact) mass is 476 g/mol. The molecule has 7 heteroatoms. The summed E-state index contributed by atoms with van der Waals surface area (Å²) in [6, 6.07) is 0. The molecule has 0 radical (unpaired) electrons. The van der Waals surface area contributed by atoms with Crippen molar-refractivity contribution < 1.29 is 33.7 Å². The molecule has 3 saturated carbocycles. The Morgan fingerprint density at radius 3 is 2.62 bits per heavy atom. The predicted molar refractivity (Wildman–Crippen MR) is 123 cm³/mol. The largest absolute Gasteiger partial charge is 0.450 e. The van der Waals surface area contributed by atoms with Gasteiger partial charge in [-0.15, -0.1) is 0 Å². The molecule has 0 amide bonds. The molecule has 0 aromatic heterocycles. The van der Waals surface area contributed by atoms with Crippen LogP contribution >= 0.6 is 0 Å². The minimum Gasteiger partial charge on any atom is -0.450 e. The van der Waals surface area contributed by atoms with Crippen molar-refractivity contribution in [1.29, 1.82) is 0 Å². The fourth-order valence-corrected chi connectivity index (χ4v) is 8.07. The highest BCUT2D eigenvalue weighted by molar-refractivity contribution is 6.01. The van der Waals surface area contributed by atoms with E-state index in [0.29, 0.717) is 31.3 Å². The Bertz CT molecular complexity index is 957. The van der Waals surface area contributed by atoms with Crippen LogP contribution in [0.15, 0.2) is 23.8 Å². The molecule has 6 nitrogen and oxygen atoms in total. The number of hydrogen-bond acceptors (Lipinski definition) is 6. The molecule has 0 aromatic rings. The third kappa shape index (κ3) is 3.08. The molecule has 0 spiro atoms. The summed E-state index contributed by atoms with van der Waals surface area (Å²) in [5, 5.41) is 21.4. The van der Waals surface area contributed by atoms with Crippen LogP contribution in [0.5, 0.6) is 0 Å². The fraction of sp³-hybridized carbons (Fsp3) is 0.741. The summed E-state index contributed by atoms with van der Waals surface area (Å²) >= 11 is 0. The molecule has 0 bridgehead atoms. The third-order valence-corrected chi connectivity index (χ3v) is 9.75. The topological polar surface area (TPSA) is 101 Å². The normalized spacial score (nSPS) is 45.1. The standard InChI is InChI=1S/C27H37FO6/c1-5-6-7-23(33)34-27(22(32)15-29)16(2)12-20-19-9-8-17-13-18(30)10-11-24(17,3)26(19,28)21(31)14-25(20,27)4/h10-11,13,16,19-21,29,31H,5-9,12,14-15H2,1-4H3/t16-,19?,20?,21-,24?,25?,26?,27?/m0/s1. The lowest BCUT2D eigenvalue weighted by atomic mass is 9.44. The molecule has 0 aliphatic heterocycles. The fourth-order valence-electron chi connectivity index (χ4n) is 8.07. The number of ether oxygens (including phenoxy) is 1. The molecule has 6 unspecified atom stereocenters. The lowest BCUT2D eigenvalue weighted by molar-refractivity contribution is -0.228. The molecule has 4 aliphatic carbocycles. The summed E-state index contributed by atoms with van der Waals surface area (Å²) in [4.78, 5) is 38.1. The Morgan fingerprint density at radius 1 is 1.26 bits per heavy atom. The molecule has 4 rings (SSSR count). The molecule has 0 saturated heterocycles. The molecule has 8 atom stereocenters. The van der Waals surface area contributed by atoms with Gasteiger partial charge in [-0.05, 0) is 57.1 Å². The molecule has 4 aliphatic rings. The van der Waals surface area contributed by atoms with Gasteiger partial charge in [0.25, 0.3) is 0 Å². The van der Waals surface area contributed by atoms with Gasteiger partial charge in [0, 0.05) is 29.1 Å². The summed E-state index contributed by atoms with van der Waals surface area (Å²) in [6.45, 7) is 6.55. The summed E-state index contributed by atoms with van der Waals surface area (Å²) in [6.07, 6.45) is 5.92. The number of aliphatic hydroxyl groups excluding tert-OH is 2. The van der Waals surface area contributed by atoms with Gasteiger partial charge in [-0.1, -0.05) is 38.8 Å². The van der Waals surface area contributed by atoms with Crippen LogP contribution < -0.4 is 0 Å². The zero-order chi connectivity index (χ0) is 25.1. The van der Waals surface area contributed by atoms with Crippen molar-refractivity contribution in [2.24, 2.45) is 28.6 Å². The first-order chi connectivity index (χ1) is 15.9. The Kier molecular flexibility index (Phi) is 6.21. The molecule has 188 valence electrons. The lowest BCUT2D eigenvalue weighted by Crippen LogP contribution is -2.70. The first-order valence-electron chi connectivity index (χ1n) is 12.6. The minimum atomic E-state index is -2.03. The van der Waals surface area contributed by atoms with Gasteiger partial charge in [-0.25, -0.2) is 4.39 Å². The molecular formula is C27H37FO6. The first kappa shape index (κ1) is 25.2. The average molecular weight is 477 g/mol. The third-order valence-electron chi connectivity index (χ3n) is 9.75. The second-order valence-electron chi connectivity index (χ2n) is 11.3. The van der Waals surface area contributed by atoms with Gasteiger partial charge < -0.3 is 14.9 Å². The minimum absolute atomic E-state index is 0.0769. The molecule has 0 heterocycles. The number of Topliss-reactive ketones (excluding diaryl/α,β-unsaturated/α-hetero) is 1. The Labute approximate surface area is 200 Å². The summed E-state index contributed by atoms with van der Waals surface area (Å²) < 4.78 is 23.3. The number of allylic oxidation sites excluding steroid dienone is 4. The predicted octanol–water partition coefficient (Wildman–Crippen LogP) is 3.64. The van der Waals surface area contributed by atoms with Crippen molar-refractivity contribution in [2.75, 3.05) is 6.61 Å². The van der Waals surface area contributed by atoms with Crippen LogP contribution in [-0.2, 0) is 19.1 Å². The van der Waals surface area contributed by atoms with E-state index in [-0.39, 0.29) is 24.5 Å². The number of alkyl halides is 1. The van der Waals surface area contributed by atoms with E-state index >= 15 is 4.39 Å². The van der Waals surface area contributed by atoms with E-state index in [1.807, 2.05) is 20.8 Å². The van der Waals surface area contributed by atoms with Gasteiger partial charge in [0.05, 0.1) is 6.10 Å². The van der Waals surface area contributed by atoms with Crippen molar-refractivity contribution in [3.63, 3.8) is 0 Å². The Balaban J connectivity index is 1.80. The maximum Gasteiger partial charge on any atom is 0.306 e. The van der Waals surface area contributed by atoms with Crippen LogP contribution in [0.2, 0.25) is 0 Å². The number of esters is 1. The van der Waals surface area contributed by atoms with Crippen LogP contribution in [-0.4, -0.2) is 51.7 Å². The number of fused-ring (bicyclic) bond motifs is 5. The van der Waals surface area contributed by atoms with Gasteiger partial charge in [0.1, 0.15) is 6.61 Å². The second kappa shape index (κ2) is 8.37. The van der Waals surface area contributed by atoms with Crippen LogP contribution in [0.25, 0.3) is 0 Å². The van der Waals surface area contributed by atoms with Crippen molar-refractivity contribution in [3.8, 4) is 0 Å². The number of unbranched alkanes of at least 4 members (excludes halogenated alkanes) is 1. The summed E-state index contributed by atoms with van der Waals surface area (Å²) in [5.74, 6) is -2.62. The molecule has 34 heavy (non-hydrogen) atoms. The van der Waals surface area contributed by atoms with Crippen LogP contribution in [0, 0.1) is 28.6 Å². The lowest BCUT2D eigenvalue weighted by Gasteiger charge is -2.62.